The molecule has 1 aliphatic heterocycles. The number of rotatable bonds is 5. The second kappa shape index (κ2) is 7.31. The molecule has 0 unspecified atom stereocenters. The van der Waals surface area contributed by atoms with Gasteiger partial charge in [0.25, 0.3) is 0 Å². The van der Waals surface area contributed by atoms with Gasteiger partial charge in [-0.2, -0.15) is 8.78 Å². The molecule has 21 heavy (non-hydrogen) atoms. The summed E-state index contributed by atoms with van der Waals surface area (Å²) >= 11 is 0. The molecular weight excluding hydrogens is 287 g/mol. The van der Waals surface area contributed by atoms with E-state index in [2.05, 4.69) is 10.1 Å². The molecule has 0 bridgehead atoms. The predicted molar refractivity (Wildman–Crippen MR) is 68.4 cm³/mol. The van der Waals surface area contributed by atoms with E-state index >= 15 is 0 Å². The van der Waals surface area contributed by atoms with Gasteiger partial charge in [-0.15, -0.1) is 0 Å². The Morgan fingerprint density at radius 1 is 1.48 bits per heavy atom. The Bertz CT molecular complexity index is 490. The van der Waals surface area contributed by atoms with Crippen LogP contribution in [0.1, 0.15) is 18.4 Å². The van der Waals surface area contributed by atoms with Gasteiger partial charge in [-0.05, 0) is 25.0 Å². The third kappa shape index (κ3) is 4.35. The Balaban J connectivity index is 2.00. The summed E-state index contributed by atoms with van der Waals surface area (Å²) in [4.78, 5) is 11.9. The Labute approximate surface area is 120 Å². The Hall–Kier alpha value is -1.76. The summed E-state index contributed by atoms with van der Waals surface area (Å²) in [6, 6.07) is 3.64. The molecule has 0 aromatic heterocycles. The molecule has 2 rings (SSSR count). The van der Waals surface area contributed by atoms with Crippen LogP contribution in [0.5, 0.6) is 5.75 Å². The van der Waals surface area contributed by atoms with E-state index in [0.29, 0.717) is 19.6 Å². The van der Waals surface area contributed by atoms with E-state index in [1.54, 1.807) is 0 Å². The van der Waals surface area contributed by atoms with Crippen LogP contribution in [0.4, 0.5) is 13.2 Å². The molecule has 1 fully saturated rings. The number of carbonyl (C=O) groups excluding carboxylic acids is 1. The van der Waals surface area contributed by atoms with Gasteiger partial charge in [-0.1, -0.05) is 6.07 Å². The predicted octanol–water partition coefficient (Wildman–Crippen LogP) is 2.47. The topological polar surface area (TPSA) is 47.6 Å². The van der Waals surface area contributed by atoms with Gasteiger partial charge in [-0.25, -0.2) is 4.39 Å². The maximum Gasteiger partial charge on any atom is 0.387 e. The third-order valence-corrected chi connectivity index (χ3v) is 3.26. The average Bonchev–Trinajstić information content (AvgIpc) is 2.46. The molecule has 1 amide bonds. The fourth-order valence-electron chi connectivity index (χ4n) is 2.18. The number of ether oxygens (including phenoxy) is 2. The van der Waals surface area contributed by atoms with E-state index in [0.717, 1.165) is 12.5 Å². The molecule has 0 saturated carbocycles. The molecule has 1 aliphatic rings. The minimum absolute atomic E-state index is 0.0946. The van der Waals surface area contributed by atoms with Gasteiger partial charge in [0.15, 0.2) is 0 Å². The first-order valence-corrected chi connectivity index (χ1v) is 6.65. The van der Waals surface area contributed by atoms with E-state index < -0.39 is 12.4 Å². The van der Waals surface area contributed by atoms with Crippen molar-refractivity contribution in [3.8, 4) is 5.75 Å². The van der Waals surface area contributed by atoms with Crippen LogP contribution in [0.15, 0.2) is 18.2 Å². The fourth-order valence-corrected chi connectivity index (χ4v) is 2.18. The quantitative estimate of drug-likeness (QED) is 0.909. The summed E-state index contributed by atoms with van der Waals surface area (Å²) in [5, 5.41) is 2.54. The maximum atomic E-state index is 13.7. The first-order chi connectivity index (χ1) is 10.1. The van der Waals surface area contributed by atoms with E-state index in [1.165, 1.54) is 12.1 Å². The molecular formula is C14H16F3NO3. The van der Waals surface area contributed by atoms with Gasteiger partial charge in [0.2, 0.25) is 5.91 Å². The molecule has 0 spiro atoms. The fraction of sp³-hybridized carbons (Fsp3) is 0.500. The number of hydrogen-bond donors (Lipinski definition) is 1. The van der Waals surface area contributed by atoms with E-state index in [9.17, 15) is 18.0 Å². The van der Waals surface area contributed by atoms with Crippen LogP contribution < -0.4 is 10.1 Å². The van der Waals surface area contributed by atoms with Crippen LogP contribution in [-0.2, 0) is 16.1 Å². The van der Waals surface area contributed by atoms with Crippen molar-refractivity contribution in [1.82, 2.24) is 5.32 Å². The molecule has 0 radical (unpaired) electrons. The van der Waals surface area contributed by atoms with Gasteiger partial charge in [0.05, 0.1) is 12.5 Å². The monoisotopic (exact) mass is 303 g/mol. The van der Waals surface area contributed by atoms with Crippen LogP contribution >= 0.6 is 0 Å². The highest BCUT2D eigenvalue weighted by molar-refractivity contribution is 5.78. The first kappa shape index (κ1) is 15.6. The lowest BCUT2D eigenvalue weighted by atomic mass is 10.0. The maximum absolute atomic E-state index is 13.7. The number of hydrogen-bond acceptors (Lipinski definition) is 3. The van der Waals surface area contributed by atoms with Crippen LogP contribution in [0.25, 0.3) is 0 Å². The lowest BCUT2D eigenvalue weighted by molar-refractivity contribution is -0.129. The van der Waals surface area contributed by atoms with Crippen molar-refractivity contribution in [2.75, 3.05) is 13.2 Å². The van der Waals surface area contributed by atoms with E-state index in [4.69, 9.17) is 4.74 Å². The largest absolute Gasteiger partial charge is 0.434 e. The Morgan fingerprint density at radius 2 is 2.29 bits per heavy atom. The summed E-state index contributed by atoms with van der Waals surface area (Å²) < 4.78 is 47.7. The molecule has 1 saturated heterocycles. The van der Waals surface area contributed by atoms with Crippen LogP contribution in [0, 0.1) is 11.7 Å². The molecule has 116 valence electrons. The van der Waals surface area contributed by atoms with Crippen molar-refractivity contribution in [2.24, 2.45) is 5.92 Å². The number of nitrogens with one attached hydrogen (secondary N) is 1. The van der Waals surface area contributed by atoms with Crippen molar-refractivity contribution in [3.05, 3.63) is 29.6 Å². The molecule has 1 N–H and O–H groups in total. The molecule has 1 aromatic carbocycles. The third-order valence-electron chi connectivity index (χ3n) is 3.26. The molecule has 1 heterocycles. The first-order valence-electron chi connectivity index (χ1n) is 6.65. The number of benzene rings is 1. The number of carbonyl (C=O) groups is 1. The lowest BCUT2D eigenvalue weighted by Crippen LogP contribution is -2.35. The van der Waals surface area contributed by atoms with Crippen molar-refractivity contribution >= 4 is 5.91 Å². The molecule has 4 nitrogen and oxygen atoms in total. The minimum atomic E-state index is -3.05. The van der Waals surface area contributed by atoms with Gasteiger partial charge in [0, 0.05) is 18.7 Å². The SMILES string of the molecule is O=C(NCc1c(F)cccc1OC(F)F)[C@H]1CCCOC1. The second-order valence-corrected chi connectivity index (χ2v) is 4.73. The second-order valence-electron chi connectivity index (χ2n) is 4.73. The Morgan fingerprint density at radius 3 is 2.95 bits per heavy atom. The van der Waals surface area contributed by atoms with Crippen molar-refractivity contribution in [1.29, 1.82) is 0 Å². The molecule has 7 heteroatoms. The van der Waals surface area contributed by atoms with Crippen molar-refractivity contribution in [3.63, 3.8) is 0 Å². The average molecular weight is 303 g/mol. The standard InChI is InChI=1S/C14H16F3NO3/c15-11-4-1-5-12(21-14(16)17)10(11)7-18-13(19)9-3-2-6-20-8-9/h1,4-5,9,14H,2-3,6-8H2,(H,18,19)/t9-/m0/s1. The summed E-state index contributed by atoms with van der Waals surface area (Å²) in [5.74, 6) is -1.54. The highest BCUT2D eigenvalue weighted by atomic mass is 19.3. The number of alkyl halides is 2. The van der Waals surface area contributed by atoms with Gasteiger partial charge in [0.1, 0.15) is 11.6 Å². The van der Waals surface area contributed by atoms with E-state index in [-0.39, 0.29) is 29.7 Å². The number of amides is 1. The van der Waals surface area contributed by atoms with Crippen molar-refractivity contribution < 1.29 is 27.4 Å². The zero-order valence-corrected chi connectivity index (χ0v) is 11.3. The summed E-state index contributed by atoms with van der Waals surface area (Å²) in [7, 11) is 0. The lowest BCUT2D eigenvalue weighted by Gasteiger charge is -2.21. The zero-order chi connectivity index (χ0) is 15.2. The van der Waals surface area contributed by atoms with Gasteiger partial charge < -0.3 is 14.8 Å². The normalized spacial score (nSPS) is 18.6. The highest BCUT2D eigenvalue weighted by Crippen LogP contribution is 2.23. The van der Waals surface area contributed by atoms with Crippen LogP contribution in [-0.4, -0.2) is 25.7 Å². The number of halogens is 3. The molecule has 1 atom stereocenters. The minimum Gasteiger partial charge on any atom is -0.434 e. The Kier molecular flexibility index (Phi) is 5.44. The van der Waals surface area contributed by atoms with Gasteiger partial charge >= 0.3 is 6.61 Å². The van der Waals surface area contributed by atoms with Crippen LogP contribution in [0.3, 0.4) is 0 Å². The highest BCUT2D eigenvalue weighted by Gasteiger charge is 2.22. The molecule has 1 aromatic rings. The summed E-state index contributed by atoms with van der Waals surface area (Å²) in [6.45, 7) is -2.30. The van der Waals surface area contributed by atoms with Crippen LogP contribution in [0.2, 0.25) is 0 Å². The van der Waals surface area contributed by atoms with Crippen molar-refractivity contribution in [2.45, 2.75) is 26.0 Å². The smallest absolute Gasteiger partial charge is 0.387 e. The molecule has 0 aliphatic carbocycles. The van der Waals surface area contributed by atoms with Gasteiger partial charge in [-0.3, -0.25) is 4.79 Å². The van der Waals surface area contributed by atoms with E-state index in [1.807, 2.05) is 0 Å². The summed E-state index contributed by atoms with van der Waals surface area (Å²) in [5.41, 5.74) is -0.0946. The zero-order valence-electron chi connectivity index (χ0n) is 11.3. The summed E-state index contributed by atoms with van der Waals surface area (Å²) in [6.07, 6.45) is 1.49.